The van der Waals surface area contributed by atoms with Gasteiger partial charge >= 0.3 is 6.18 Å². The molecular formula is C18H20ClF3N2O2. The summed E-state index contributed by atoms with van der Waals surface area (Å²) in [6, 6.07) is 6.36. The van der Waals surface area contributed by atoms with Crippen LogP contribution in [0.15, 0.2) is 36.9 Å². The van der Waals surface area contributed by atoms with Gasteiger partial charge in [-0.1, -0.05) is 17.7 Å². The van der Waals surface area contributed by atoms with Gasteiger partial charge < -0.3 is 9.80 Å². The third kappa shape index (κ3) is 5.49. The molecule has 1 unspecified atom stereocenters. The molecule has 8 heteroatoms. The molecule has 4 nitrogen and oxygen atoms in total. The molecule has 1 aliphatic rings. The molecule has 1 saturated heterocycles. The molecule has 1 heterocycles. The van der Waals surface area contributed by atoms with E-state index in [-0.39, 0.29) is 19.0 Å². The summed E-state index contributed by atoms with van der Waals surface area (Å²) in [6.07, 6.45) is -2.20. The van der Waals surface area contributed by atoms with Crippen LogP contribution in [0.5, 0.6) is 0 Å². The molecule has 1 aromatic rings. The number of likely N-dealkylation sites (tertiary alicyclic amines) is 1. The third-order valence-electron chi connectivity index (χ3n) is 4.18. The maximum absolute atomic E-state index is 12.7. The third-order valence-corrected chi connectivity index (χ3v) is 4.43. The number of alkyl halides is 3. The molecule has 2 amide bonds. The van der Waals surface area contributed by atoms with Crippen molar-refractivity contribution in [3.8, 4) is 0 Å². The molecule has 0 radical (unpaired) electrons. The van der Waals surface area contributed by atoms with Crippen molar-refractivity contribution >= 4 is 23.4 Å². The fraction of sp³-hybridized carbons (Fsp3) is 0.444. The van der Waals surface area contributed by atoms with Crippen LogP contribution in [-0.2, 0) is 4.79 Å². The van der Waals surface area contributed by atoms with E-state index in [9.17, 15) is 22.8 Å². The van der Waals surface area contributed by atoms with Gasteiger partial charge in [-0.3, -0.25) is 9.59 Å². The first-order chi connectivity index (χ1) is 12.2. The first kappa shape index (κ1) is 20.3. The Morgan fingerprint density at radius 2 is 1.96 bits per heavy atom. The first-order valence-electron chi connectivity index (χ1n) is 8.22. The maximum atomic E-state index is 12.7. The molecule has 142 valence electrons. The van der Waals surface area contributed by atoms with Gasteiger partial charge in [0.1, 0.15) is 6.54 Å². The minimum atomic E-state index is -4.48. The molecule has 26 heavy (non-hydrogen) atoms. The Hall–Kier alpha value is -2.02. The fourth-order valence-corrected chi connectivity index (χ4v) is 3.13. The molecule has 0 bridgehead atoms. The monoisotopic (exact) mass is 388 g/mol. The maximum Gasteiger partial charge on any atom is 0.406 e. The number of carbonyl (C=O) groups is 2. The van der Waals surface area contributed by atoms with Crippen LogP contribution in [0.4, 0.5) is 13.2 Å². The van der Waals surface area contributed by atoms with Crippen molar-refractivity contribution < 1.29 is 22.8 Å². The Morgan fingerprint density at radius 3 is 2.54 bits per heavy atom. The van der Waals surface area contributed by atoms with Gasteiger partial charge in [-0.05, 0) is 37.1 Å². The van der Waals surface area contributed by atoms with Crippen molar-refractivity contribution in [3.63, 3.8) is 0 Å². The number of piperidine rings is 1. The molecule has 1 aliphatic heterocycles. The Kier molecular flexibility index (Phi) is 6.69. The summed E-state index contributed by atoms with van der Waals surface area (Å²) in [5, 5.41) is 0.500. The summed E-state index contributed by atoms with van der Waals surface area (Å²) < 4.78 is 38.1. The van der Waals surface area contributed by atoms with Crippen LogP contribution in [0, 0.1) is 5.92 Å². The number of halogens is 4. The van der Waals surface area contributed by atoms with Crippen molar-refractivity contribution in [2.24, 2.45) is 5.92 Å². The topological polar surface area (TPSA) is 40.6 Å². The van der Waals surface area contributed by atoms with E-state index >= 15 is 0 Å². The zero-order chi connectivity index (χ0) is 19.3. The van der Waals surface area contributed by atoms with Gasteiger partial charge in [0.05, 0.1) is 5.92 Å². The molecule has 1 atom stereocenters. The highest BCUT2D eigenvalue weighted by Gasteiger charge is 2.37. The van der Waals surface area contributed by atoms with Crippen LogP contribution in [0.2, 0.25) is 5.02 Å². The minimum Gasteiger partial charge on any atom is -0.338 e. The van der Waals surface area contributed by atoms with Crippen molar-refractivity contribution in [1.82, 2.24) is 9.80 Å². The highest BCUT2D eigenvalue weighted by molar-refractivity contribution is 6.30. The number of hydrogen-bond donors (Lipinski definition) is 0. The normalized spacial score (nSPS) is 17.7. The smallest absolute Gasteiger partial charge is 0.338 e. The van der Waals surface area contributed by atoms with Crippen LogP contribution in [0.1, 0.15) is 23.2 Å². The van der Waals surface area contributed by atoms with E-state index in [1.165, 1.54) is 11.0 Å². The average Bonchev–Trinajstić information content (AvgIpc) is 2.60. The van der Waals surface area contributed by atoms with Gasteiger partial charge in [-0.25, -0.2) is 0 Å². The summed E-state index contributed by atoms with van der Waals surface area (Å²) in [5.74, 6) is -1.51. The predicted octanol–water partition coefficient (Wildman–Crippen LogP) is 3.77. The van der Waals surface area contributed by atoms with Crippen molar-refractivity contribution in [2.75, 3.05) is 26.2 Å². The van der Waals surface area contributed by atoms with Crippen LogP contribution in [0.25, 0.3) is 0 Å². The number of nitrogens with zero attached hydrogens (tertiary/aromatic N) is 2. The predicted molar refractivity (Wildman–Crippen MR) is 92.9 cm³/mol. The van der Waals surface area contributed by atoms with E-state index in [0.29, 0.717) is 30.0 Å². The summed E-state index contributed by atoms with van der Waals surface area (Å²) in [4.78, 5) is 27.4. The standard InChI is InChI=1S/C18H20ClF3N2O2/c1-2-9-24(12-18(20,21)22)17(26)14-4-3-10-23(11-14)16(25)13-5-7-15(19)8-6-13/h2,5-8,14H,1,3-4,9-12H2. The highest BCUT2D eigenvalue weighted by atomic mass is 35.5. The van der Waals surface area contributed by atoms with Crippen LogP contribution in [0.3, 0.4) is 0 Å². The Bertz CT molecular complexity index is 661. The first-order valence-corrected chi connectivity index (χ1v) is 8.60. The molecule has 1 aromatic carbocycles. The van der Waals surface area contributed by atoms with E-state index < -0.39 is 24.5 Å². The molecule has 1 fully saturated rings. The zero-order valence-corrected chi connectivity index (χ0v) is 14.9. The summed E-state index contributed by atoms with van der Waals surface area (Å²) in [6.45, 7) is 2.48. The van der Waals surface area contributed by atoms with E-state index in [2.05, 4.69) is 6.58 Å². The number of carbonyl (C=O) groups excluding carboxylic acids is 2. The largest absolute Gasteiger partial charge is 0.406 e. The van der Waals surface area contributed by atoms with Gasteiger partial charge in [0.2, 0.25) is 5.91 Å². The van der Waals surface area contributed by atoms with Crippen molar-refractivity contribution in [2.45, 2.75) is 19.0 Å². The summed E-state index contributed by atoms with van der Waals surface area (Å²) in [7, 11) is 0. The van der Waals surface area contributed by atoms with Gasteiger partial charge in [0, 0.05) is 30.2 Å². The molecule has 2 rings (SSSR count). The van der Waals surface area contributed by atoms with Crippen LogP contribution in [-0.4, -0.2) is 54.0 Å². The second kappa shape index (κ2) is 8.58. The van der Waals surface area contributed by atoms with E-state index in [0.717, 1.165) is 4.90 Å². The van der Waals surface area contributed by atoms with Gasteiger partial charge in [0.15, 0.2) is 0 Å². The molecule has 0 N–H and O–H groups in total. The van der Waals surface area contributed by atoms with Gasteiger partial charge in [0.25, 0.3) is 5.91 Å². The zero-order valence-electron chi connectivity index (χ0n) is 14.1. The van der Waals surface area contributed by atoms with Crippen LogP contribution < -0.4 is 0 Å². The van der Waals surface area contributed by atoms with Gasteiger partial charge in [-0.2, -0.15) is 13.2 Å². The second-order valence-corrected chi connectivity index (χ2v) is 6.66. The lowest BCUT2D eigenvalue weighted by Crippen LogP contribution is -2.48. The second-order valence-electron chi connectivity index (χ2n) is 6.22. The highest BCUT2D eigenvalue weighted by Crippen LogP contribution is 2.24. The van der Waals surface area contributed by atoms with E-state index in [4.69, 9.17) is 11.6 Å². The summed E-state index contributed by atoms with van der Waals surface area (Å²) >= 11 is 5.81. The Balaban J connectivity index is 2.08. The molecule has 0 aliphatic carbocycles. The fourth-order valence-electron chi connectivity index (χ4n) is 3.00. The molecule has 0 spiro atoms. The van der Waals surface area contributed by atoms with Crippen molar-refractivity contribution in [3.05, 3.63) is 47.5 Å². The summed E-state index contributed by atoms with van der Waals surface area (Å²) in [5.41, 5.74) is 0.431. The number of hydrogen-bond acceptors (Lipinski definition) is 2. The Labute approximate surface area is 155 Å². The lowest BCUT2D eigenvalue weighted by molar-refractivity contribution is -0.163. The molecular weight excluding hydrogens is 369 g/mol. The number of amides is 2. The average molecular weight is 389 g/mol. The quantitative estimate of drug-likeness (QED) is 0.720. The SMILES string of the molecule is C=CCN(CC(F)(F)F)C(=O)C1CCCN(C(=O)c2ccc(Cl)cc2)C1. The van der Waals surface area contributed by atoms with E-state index in [1.54, 1.807) is 24.3 Å². The van der Waals surface area contributed by atoms with E-state index in [1.807, 2.05) is 0 Å². The Morgan fingerprint density at radius 1 is 1.31 bits per heavy atom. The van der Waals surface area contributed by atoms with Gasteiger partial charge in [-0.15, -0.1) is 6.58 Å². The molecule has 0 saturated carbocycles. The lowest BCUT2D eigenvalue weighted by atomic mass is 9.95. The van der Waals surface area contributed by atoms with Crippen LogP contribution >= 0.6 is 11.6 Å². The van der Waals surface area contributed by atoms with Crippen molar-refractivity contribution in [1.29, 1.82) is 0 Å². The number of rotatable bonds is 5. The minimum absolute atomic E-state index is 0.103. The lowest BCUT2D eigenvalue weighted by Gasteiger charge is -2.35. The molecule has 0 aromatic heterocycles. The number of benzene rings is 1.